The Bertz CT molecular complexity index is 608. The van der Waals surface area contributed by atoms with Crippen LogP contribution in [-0.4, -0.2) is 47.4 Å². The van der Waals surface area contributed by atoms with E-state index in [1.807, 2.05) is 23.1 Å². The molecule has 2 amide bonds. The van der Waals surface area contributed by atoms with Crippen molar-refractivity contribution in [3.8, 4) is 0 Å². The molecular weight excluding hydrogens is 352 g/mol. The fourth-order valence-electron chi connectivity index (χ4n) is 4.40. The van der Waals surface area contributed by atoms with Gasteiger partial charge in [-0.25, -0.2) is 0 Å². The van der Waals surface area contributed by atoms with Gasteiger partial charge in [0.05, 0.1) is 18.8 Å². The van der Waals surface area contributed by atoms with Crippen molar-refractivity contribution < 1.29 is 9.59 Å². The number of pyridine rings is 1. The van der Waals surface area contributed by atoms with E-state index in [9.17, 15) is 9.59 Å². The first-order valence-electron chi connectivity index (χ1n) is 10.9. The van der Waals surface area contributed by atoms with Gasteiger partial charge >= 0.3 is 0 Å². The minimum absolute atomic E-state index is 0.000527. The van der Waals surface area contributed by atoms with Gasteiger partial charge in [-0.2, -0.15) is 0 Å². The molecule has 1 aliphatic carbocycles. The third-order valence-corrected chi connectivity index (χ3v) is 6.06. The Morgan fingerprint density at radius 1 is 1.11 bits per heavy atom. The van der Waals surface area contributed by atoms with Gasteiger partial charge in [0.25, 0.3) is 0 Å². The van der Waals surface area contributed by atoms with E-state index in [-0.39, 0.29) is 24.4 Å². The summed E-state index contributed by atoms with van der Waals surface area (Å²) < 4.78 is 0. The largest absolute Gasteiger partial charge is 0.347 e. The Morgan fingerprint density at radius 3 is 2.75 bits per heavy atom. The van der Waals surface area contributed by atoms with Crippen molar-refractivity contribution in [3.63, 3.8) is 0 Å². The van der Waals surface area contributed by atoms with Crippen LogP contribution in [-0.2, 0) is 16.1 Å². The molecular formula is C22H34N4O2. The van der Waals surface area contributed by atoms with Crippen molar-refractivity contribution in [3.05, 3.63) is 30.1 Å². The summed E-state index contributed by atoms with van der Waals surface area (Å²) >= 11 is 0. The average molecular weight is 387 g/mol. The van der Waals surface area contributed by atoms with Crippen LogP contribution in [0.25, 0.3) is 0 Å². The molecule has 28 heavy (non-hydrogen) atoms. The van der Waals surface area contributed by atoms with Gasteiger partial charge in [0.15, 0.2) is 0 Å². The zero-order valence-electron chi connectivity index (χ0n) is 16.9. The van der Waals surface area contributed by atoms with E-state index in [1.54, 1.807) is 6.20 Å². The first-order valence-corrected chi connectivity index (χ1v) is 10.9. The van der Waals surface area contributed by atoms with Gasteiger partial charge in [-0.15, -0.1) is 0 Å². The molecule has 6 heteroatoms. The predicted molar refractivity (Wildman–Crippen MR) is 109 cm³/mol. The second kappa shape index (κ2) is 11.1. The third kappa shape index (κ3) is 6.59. The van der Waals surface area contributed by atoms with Crippen molar-refractivity contribution in [2.24, 2.45) is 5.92 Å². The van der Waals surface area contributed by atoms with E-state index in [2.05, 4.69) is 15.6 Å². The van der Waals surface area contributed by atoms with E-state index in [1.165, 1.54) is 25.7 Å². The smallest absolute Gasteiger partial charge is 0.242 e. The molecule has 2 N–H and O–H groups in total. The lowest BCUT2D eigenvalue weighted by molar-refractivity contribution is -0.135. The van der Waals surface area contributed by atoms with Crippen LogP contribution >= 0.6 is 0 Å². The Labute approximate surface area is 168 Å². The summed E-state index contributed by atoms with van der Waals surface area (Å²) in [6, 6.07) is 5.98. The summed E-state index contributed by atoms with van der Waals surface area (Å²) in [5.41, 5.74) is 0.889. The van der Waals surface area contributed by atoms with E-state index < -0.39 is 0 Å². The first-order chi connectivity index (χ1) is 13.7. The van der Waals surface area contributed by atoms with E-state index >= 15 is 0 Å². The maximum Gasteiger partial charge on any atom is 0.242 e. The maximum atomic E-state index is 13.0. The second-order valence-corrected chi connectivity index (χ2v) is 8.14. The van der Waals surface area contributed by atoms with Gasteiger partial charge in [-0.05, 0) is 56.8 Å². The van der Waals surface area contributed by atoms with Crippen LogP contribution in [0, 0.1) is 5.92 Å². The van der Waals surface area contributed by atoms with Crippen molar-refractivity contribution >= 4 is 11.8 Å². The highest BCUT2D eigenvalue weighted by Crippen LogP contribution is 2.28. The Balaban J connectivity index is 1.53. The monoisotopic (exact) mass is 386 g/mol. The lowest BCUT2D eigenvalue weighted by Crippen LogP contribution is -2.45. The summed E-state index contributed by atoms with van der Waals surface area (Å²) in [6.45, 7) is 2.51. The maximum absolute atomic E-state index is 13.0. The second-order valence-electron chi connectivity index (χ2n) is 8.14. The van der Waals surface area contributed by atoms with Gasteiger partial charge in [0.1, 0.15) is 0 Å². The van der Waals surface area contributed by atoms with Gasteiger partial charge in [0.2, 0.25) is 11.8 Å². The number of hydrogen-bond acceptors (Lipinski definition) is 4. The van der Waals surface area contributed by atoms with E-state index in [0.717, 1.165) is 44.5 Å². The molecule has 6 nitrogen and oxygen atoms in total. The Morgan fingerprint density at radius 2 is 1.96 bits per heavy atom. The van der Waals surface area contributed by atoms with Gasteiger partial charge in [-0.3, -0.25) is 14.6 Å². The summed E-state index contributed by atoms with van der Waals surface area (Å²) in [4.78, 5) is 31.5. The number of carbonyl (C=O) groups excluding carboxylic acids is 2. The van der Waals surface area contributed by atoms with E-state index in [4.69, 9.17) is 0 Å². The van der Waals surface area contributed by atoms with Gasteiger partial charge < -0.3 is 15.5 Å². The fourth-order valence-corrected chi connectivity index (χ4v) is 4.40. The molecule has 3 rings (SSSR count). The first kappa shape index (κ1) is 20.8. The summed E-state index contributed by atoms with van der Waals surface area (Å²) in [6.07, 6.45) is 11.3. The highest BCUT2D eigenvalue weighted by atomic mass is 16.2. The molecule has 2 fully saturated rings. The zero-order valence-corrected chi connectivity index (χ0v) is 16.9. The highest BCUT2D eigenvalue weighted by molar-refractivity contribution is 5.84. The SMILES string of the molecule is O=C(CCC1CCCC1)NCC(=O)N(Cc1ccccn1)C1CCCNCC1. The number of rotatable bonds is 8. The summed E-state index contributed by atoms with van der Waals surface area (Å²) in [5, 5.41) is 6.27. The van der Waals surface area contributed by atoms with Crippen LogP contribution in [0.3, 0.4) is 0 Å². The van der Waals surface area contributed by atoms with Crippen LogP contribution in [0.1, 0.15) is 63.5 Å². The number of nitrogens with zero attached hydrogens (tertiary/aromatic N) is 2. The molecule has 0 aromatic carbocycles. The van der Waals surface area contributed by atoms with Gasteiger partial charge in [0, 0.05) is 18.7 Å². The van der Waals surface area contributed by atoms with Crippen molar-refractivity contribution in [1.29, 1.82) is 0 Å². The number of carbonyl (C=O) groups is 2. The number of aromatic nitrogens is 1. The molecule has 0 radical (unpaired) electrons. The zero-order chi connectivity index (χ0) is 19.6. The van der Waals surface area contributed by atoms with Crippen molar-refractivity contribution in [2.75, 3.05) is 19.6 Å². The summed E-state index contributed by atoms with van der Waals surface area (Å²) in [7, 11) is 0. The van der Waals surface area contributed by atoms with Crippen molar-refractivity contribution in [2.45, 2.75) is 70.4 Å². The Hall–Kier alpha value is -1.95. The highest BCUT2D eigenvalue weighted by Gasteiger charge is 2.25. The quantitative estimate of drug-likeness (QED) is 0.720. The standard InChI is InChI=1S/C22H34N4O2/c27-21(11-10-18-6-1-2-7-18)25-16-22(28)26(17-19-8-3-4-14-24-19)20-9-5-13-23-15-12-20/h3-4,8,14,18,20,23H,1-2,5-7,9-13,15-17H2,(H,25,27). The molecule has 1 saturated heterocycles. The summed E-state index contributed by atoms with van der Waals surface area (Å²) in [5.74, 6) is 0.688. The molecule has 1 aromatic heterocycles. The average Bonchev–Trinajstić information content (AvgIpc) is 3.10. The lowest BCUT2D eigenvalue weighted by atomic mass is 10.0. The predicted octanol–water partition coefficient (Wildman–Crippen LogP) is 2.64. The lowest BCUT2D eigenvalue weighted by Gasteiger charge is -2.31. The number of nitrogens with one attached hydrogen (secondary N) is 2. The van der Waals surface area contributed by atoms with E-state index in [0.29, 0.717) is 18.9 Å². The minimum Gasteiger partial charge on any atom is -0.347 e. The molecule has 1 aliphatic heterocycles. The number of amides is 2. The van der Waals surface area contributed by atoms with Crippen LogP contribution in [0.5, 0.6) is 0 Å². The topological polar surface area (TPSA) is 74.3 Å². The molecule has 1 atom stereocenters. The normalized spacial score (nSPS) is 20.5. The van der Waals surface area contributed by atoms with Crippen molar-refractivity contribution in [1.82, 2.24) is 20.5 Å². The minimum atomic E-state index is -0.00762. The molecule has 1 aromatic rings. The van der Waals surface area contributed by atoms with Crippen LogP contribution < -0.4 is 10.6 Å². The number of hydrogen-bond donors (Lipinski definition) is 2. The molecule has 2 aliphatic rings. The molecule has 154 valence electrons. The fraction of sp³-hybridized carbons (Fsp3) is 0.682. The van der Waals surface area contributed by atoms with Crippen LogP contribution in [0.2, 0.25) is 0 Å². The molecule has 0 bridgehead atoms. The molecule has 2 heterocycles. The molecule has 1 saturated carbocycles. The van der Waals surface area contributed by atoms with Crippen LogP contribution in [0.4, 0.5) is 0 Å². The third-order valence-electron chi connectivity index (χ3n) is 6.06. The Kier molecular flexibility index (Phi) is 8.27. The molecule has 0 spiro atoms. The molecule has 1 unspecified atom stereocenters. The van der Waals surface area contributed by atoms with Crippen LogP contribution in [0.15, 0.2) is 24.4 Å². The van der Waals surface area contributed by atoms with Gasteiger partial charge in [-0.1, -0.05) is 31.7 Å².